The molecule has 1 N–H and O–H groups in total. The monoisotopic (exact) mass is 382 g/mol. The quantitative estimate of drug-likeness (QED) is 0.651. The van der Waals surface area contributed by atoms with Crippen LogP contribution in [0, 0.1) is 0 Å². The van der Waals surface area contributed by atoms with E-state index >= 15 is 0 Å². The highest BCUT2D eigenvalue weighted by atomic mass is 32.2. The zero-order valence-corrected chi connectivity index (χ0v) is 15.2. The van der Waals surface area contributed by atoms with Crippen LogP contribution in [0.5, 0.6) is 5.75 Å². The van der Waals surface area contributed by atoms with Gasteiger partial charge in [0.1, 0.15) is 5.75 Å². The minimum absolute atomic E-state index is 0.0882. The van der Waals surface area contributed by atoms with E-state index in [1.807, 2.05) is 36.4 Å². The number of carboxylic acid groups (broad SMARTS) is 1. The predicted molar refractivity (Wildman–Crippen MR) is 103 cm³/mol. The second-order valence-electron chi connectivity index (χ2n) is 5.64. The molecule has 0 fully saturated rings. The minimum Gasteiger partial charge on any atom is -0.755 e. The maximum Gasteiger partial charge on any atom is 0.335 e. The summed E-state index contributed by atoms with van der Waals surface area (Å²) in [6, 6.07) is 20.2. The molecule has 0 bridgehead atoms. The molecule has 3 rings (SSSR count). The number of benzene rings is 3. The topological polar surface area (TPSA) is 89.9 Å². The Morgan fingerprint density at radius 1 is 0.889 bits per heavy atom. The summed E-state index contributed by atoms with van der Waals surface area (Å²) in [6.45, 7) is 0. The van der Waals surface area contributed by atoms with Crippen molar-refractivity contribution in [2.24, 2.45) is 0 Å². The van der Waals surface area contributed by atoms with Gasteiger partial charge in [0, 0.05) is 0 Å². The van der Waals surface area contributed by atoms with Crippen molar-refractivity contribution in [3.05, 3.63) is 78.4 Å². The molecule has 3 aromatic carbocycles. The number of nitrogens with zero attached hydrogens (tertiary/aromatic N) is 1. The Morgan fingerprint density at radius 2 is 1.33 bits per heavy atom. The van der Waals surface area contributed by atoms with Gasteiger partial charge in [-0.1, -0.05) is 24.3 Å². The summed E-state index contributed by atoms with van der Waals surface area (Å²) in [6.07, 6.45) is 0. The van der Waals surface area contributed by atoms with Gasteiger partial charge in [0.2, 0.25) is 0 Å². The summed E-state index contributed by atoms with van der Waals surface area (Å²) < 4.78 is 29.7. The molecule has 1 unspecified atom stereocenters. The molecule has 3 aromatic rings. The molecule has 0 amide bonds. The molecular weight excluding hydrogens is 366 g/mol. The molecule has 0 aliphatic heterocycles. The first-order chi connectivity index (χ1) is 13.0. The third-order valence-electron chi connectivity index (χ3n) is 4.02. The first-order valence-electron chi connectivity index (χ1n) is 7.97. The number of ether oxygens (including phenoxy) is 1. The highest BCUT2D eigenvalue weighted by Gasteiger charge is 2.12. The van der Waals surface area contributed by atoms with E-state index in [9.17, 15) is 13.6 Å². The molecule has 0 saturated carbocycles. The van der Waals surface area contributed by atoms with E-state index in [0.717, 1.165) is 21.2 Å². The second kappa shape index (κ2) is 8.03. The lowest BCUT2D eigenvalue weighted by atomic mass is 10.1. The molecule has 1 atom stereocenters. The lowest BCUT2D eigenvalue weighted by Crippen LogP contribution is -2.19. The number of carboxylic acids is 1. The van der Waals surface area contributed by atoms with E-state index in [4.69, 9.17) is 9.84 Å². The zero-order valence-electron chi connectivity index (χ0n) is 14.4. The van der Waals surface area contributed by atoms with Crippen LogP contribution in [0.3, 0.4) is 0 Å². The van der Waals surface area contributed by atoms with Crippen molar-refractivity contribution >= 4 is 28.6 Å². The van der Waals surface area contributed by atoms with Gasteiger partial charge >= 0.3 is 5.97 Å². The van der Waals surface area contributed by atoms with Crippen molar-refractivity contribution in [3.8, 4) is 16.9 Å². The normalized spacial score (nSPS) is 11.6. The fourth-order valence-corrected chi connectivity index (χ4v) is 3.22. The molecule has 0 radical (unpaired) electrons. The number of hydrogen-bond acceptors (Lipinski definition) is 4. The van der Waals surface area contributed by atoms with Crippen LogP contribution in [-0.4, -0.2) is 26.9 Å². The van der Waals surface area contributed by atoms with Crippen LogP contribution < -0.4 is 9.04 Å². The lowest BCUT2D eigenvalue weighted by Gasteiger charge is -2.26. The van der Waals surface area contributed by atoms with E-state index in [0.29, 0.717) is 11.4 Å². The van der Waals surface area contributed by atoms with Crippen LogP contribution in [0.1, 0.15) is 10.4 Å². The van der Waals surface area contributed by atoms with Gasteiger partial charge in [0.15, 0.2) is 0 Å². The van der Waals surface area contributed by atoms with Crippen LogP contribution in [0.2, 0.25) is 0 Å². The van der Waals surface area contributed by atoms with Crippen molar-refractivity contribution in [1.29, 1.82) is 0 Å². The Kier molecular flexibility index (Phi) is 5.54. The molecule has 0 spiro atoms. The molecule has 0 heterocycles. The van der Waals surface area contributed by atoms with Crippen molar-refractivity contribution in [2.45, 2.75) is 0 Å². The summed E-state index contributed by atoms with van der Waals surface area (Å²) in [5.74, 6) is -0.312. The molecule has 0 aromatic heterocycles. The molecule has 138 valence electrons. The number of anilines is 2. The number of aromatic carboxylic acids is 1. The Balaban J connectivity index is 1.89. The fraction of sp³-hybridized carbons (Fsp3) is 0.0500. The standard InChI is InChI=1S/C20H17NO5S/c1-26-19-12-6-15(7-13-19)14-2-8-17(9-3-14)21(27(24)25)18-10-4-16(5-11-18)20(22)23/h2-13H,1H3,(H,22,23)(H,24,25)/p-1. The summed E-state index contributed by atoms with van der Waals surface area (Å²) in [7, 11) is 1.60. The van der Waals surface area contributed by atoms with Crippen molar-refractivity contribution in [2.75, 3.05) is 11.4 Å². The number of carbonyl (C=O) groups is 1. The van der Waals surface area contributed by atoms with Gasteiger partial charge in [0.25, 0.3) is 0 Å². The van der Waals surface area contributed by atoms with Crippen molar-refractivity contribution < 1.29 is 23.4 Å². The van der Waals surface area contributed by atoms with Gasteiger partial charge in [-0.3, -0.25) is 8.51 Å². The third kappa shape index (κ3) is 4.16. The summed E-state index contributed by atoms with van der Waals surface area (Å²) in [5.41, 5.74) is 2.79. The molecule has 27 heavy (non-hydrogen) atoms. The minimum atomic E-state index is -2.56. The van der Waals surface area contributed by atoms with E-state index in [2.05, 4.69) is 0 Å². The summed E-state index contributed by atoms with van der Waals surface area (Å²) >= 11 is -2.56. The van der Waals surface area contributed by atoms with Gasteiger partial charge < -0.3 is 14.4 Å². The van der Waals surface area contributed by atoms with Crippen molar-refractivity contribution in [3.63, 3.8) is 0 Å². The highest BCUT2D eigenvalue weighted by molar-refractivity contribution is 7.81. The maximum atomic E-state index is 11.7. The Hall–Kier alpha value is -3.16. The van der Waals surface area contributed by atoms with Gasteiger partial charge in [0.05, 0.1) is 35.3 Å². The number of hydrogen-bond donors (Lipinski definition) is 1. The maximum absolute atomic E-state index is 11.7. The van der Waals surface area contributed by atoms with E-state index in [1.54, 1.807) is 19.2 Å². The smallest absolute Gasteiger partial charge is 0.335 e. The molecule has 0 aliphatic rings. The Bertz CT molecular complexity index is 953. The first-order valence-corrected chi connectivity index (χ1v) is 9.00. The van der Waals surface area contributed by atoms with E-state index in [1.165, 1.54) is 24.3 Å². The molecule has 0 aliphatic carbocycles. The van der Waals surface area contributed by atoms with E-state index in [-0.39, 0.29) is 5.56 Å². The molecule has 0 saturated heterocycles. The van der Waals surface area contributed by atoms with Crippen LogP contribution in [0.15, 0.2) is 72.8 Å². The van der Waals surface area contributed by atoms with Gasteiger partial charge in [-0.25, -0.2) is 4.79 Å². The Labute approximate surface area is 159 Å². The van der Waals surface area contributed by atoms with Gasteiger partial charge in [-0.2, -0.15) is 0 Å². The summed E-state index contributed by atoms with van der Waals surface area (Å²) in [4.78, 5) is 11.0. The largest absolute Gasteiger partial charge is 0.755 e. The van der Waals surface area contributed by atoms with Crippen LogP contribution in [0.25, 0.3) is 11.1 Å². The SMILES string of the molecule is COc1ccc(-c2ccc(N(c3ccc(C(=O)O)cc3)S(=O)[O-])cc2)cc1. The average molecular weight is 382 g/mol. The van der Waals surface area contributed by atoms with E-state index < -0.39 is 17.2 Å². The van der Waals surface area contributed by atoms with Crippen LogP contribution in [-0.2, 0) is 11.3 Å². The second-order valence-corrected chi connectivity index (χ2v) is 6.44. The van der Waals surface area contributed by atoms with Gasteiger partial charge in [-0.15, -0.1) is 0 Å². The van der Waals surface area contributed by atoms with Gasteiger partial charge in [-0.05, 0) is 59.7 Å². The molecule has 6 nitrogen and oxygen atoms in total. The fourth-order valence-electron chi connectivity index (χ4n) is 2.63. The number of rotatable bonds is 6. The highest BCUT2D eigenvalue weighted by Crippen LogP contribution is 2.30. The van der Waals surface area contributed by atoms with Crippen LogP contribution in [0.4, 0.5) is 11.4 Å². The predicted octanol–water partition coefficient (Wildman–Crippen LogP) is 3.99. The third-order valence-corrected chi connectivity index (χ3v) is 4.74. The lowest BCUT2D eigenvalue weighted by molar-refractivity contribution is 0.0697. The first kappa shape index (κ1) is 18.6. The van der Waals surface area contributed by atoms with Crippen molar-refractivity contribution in [1.82, 2.24) is 0 Å². The summed E-state index contributed by atoms with van der Waals surface area (Å²) in [5, 5.41) is 8.97. The Morgan fingerprint density at radius 3 is 1.74 bits per heavy atom. The van der Waals surface area contributed by atoms with Crippen LogP contribution >= 0.6 is 0 Å². The zero-order chi connectivity index (χ0) is 19.4. The number of methoxy groups -OCH3 is 1. The average Bonchev–Trinajstić information content (AvgIpc) is 2.69. The molecular formula is C20H16NO5S-. The molecule has 7 heteroatoms.